The van der Waals surface area contributed by atoms with Gasteiger partial charge in [0.2, 0.25) is 15.9 Å². The lowest BCUT2D eigenvalue weighted by molar-refractivity contribution is -0.136. The SMILES string of the molecule is CC(C)(C)OC(=O)N[C@H]1CCN(C(=O)[C@H]2C[C@H](Oc3ccc(-c4ccc(Cl)cc4)cc3)CCN2S(=O)(=O)c2ccc3cc(OC4CCCC4)ccc3c2)C1. The second-order valence-electron chi connectivity index (χ2n) is 15.5. The van der Waals surface area contributed by atoms with Gasteiger partial charge in [-0.25, -0.2) is 13.2 Å². The quantitative estimate of drug-likeness (QED) is 0.182. The maximum absolute atomic E-state index is 14.5. The molecule has 12 heteroatoms. The highest BCUT2D eigenvalue weighted by Crippen LogP contribution is 2.34. The van der Waals surface area contributed by atoms with E-state index < -0.39 is 33.9 Å². The highest BCUT2D eigenvalue weighted by Gasteiger charge is 2.44. The highest BCUT2D eigenvalue weighted by molar-refractivity contribution is 7.89. The van der Waals surface area contributed by atoms with Crippen LogP contribution in [0, 0.1) is 0 Å². The van der Waals surface area contributed by atoms with Crippen molar-refractivity contribution < 1.29 is 32.2 Å². The second kappa shape index (κ2) is 15.8. The predicted molar refractivity (Wildman–Crippen MR) is 209 cm³/mol. The maximum atomic E-state index is 14.5. The molecule has 4 aromatic rings. The first-order valence-electron chi connectivity index (χ1n) is 18.8. The summed E-state index contributed by atoms with van der Waals surface area (Å²) in [5.74, 6) is 1.10. The number of carbonyl (C=O) groups excluding carboxylic acids is 2. The molecule has 3 atom stereocenters. The Morgan fingerprint density at radius 2 is 1.39 bits per heavy atom. The second-order valence-corrected chi connectivity index (χ2v) is 17.9. The number of hydrogen-bond donors (Lipinski definition) is 1. The van der Waals surface area contributed by atoms with Crippen LogP contribution < -0.4 is 14.8 Å². The smallest absolute Gasteiger partial charge is 0.407 e. The third-order valence-electron chi connectivity index (χ3n) is 10.3. The van der Waals surface area contributed by atoms with Crippen LogP contribution in [0.3, 0.4) is 0 Å². The van der Waals surface area contributed by atoms with Crippen LogP contribution in [0.5, 0.6) is 11.5 Å². The van der Waals surface area contributed by atoms with Crippen LogP contribution >= 0.6 is 11.6 Å². The summed E-state index contributed by atoms with van der Waals surface area (Å²) in [6.45, 7) is 6.11. The number of fused-ring (bicyclic) bond motifs is 1. The molecule has 2 aliphatic heterocycles. The number of alkyl carbamates (subject to hydrolysis) is 1. The van der Waals surface area contributed by atoms with Gasteiger partial charge in [0.1, 0.15) is 29.2 Å². The summed E-state index contributed by atoms with van der Waals surface area (Å²) in [5.41, 5.74) is 1.37. The topological polar surface area (TPSA) is 114 Å². The Bertz CT molecular complexity index is 2080. The van der Waals surface area contributed by atoms with E-state index in [4.69, 9.17) is 25.8 Å². The number of likely N-dealkylation sites (tertiary alicyclic amines) is 1. The van der Waals surface area contributed by atoms with Crippen LogP contribution in [0.25, 0.3) is 21.9 Å². The van der Waals surface area contributed by atoms with E-state index in [1.54, 1.807) is 43.9 Å². The Hall–Kier alpha value is -4.32. The molecule has 4 aromatic carbocycles. The lowest BCUT2D eigenvalue weighted by Gasteiger charge is -2.39. The van der Waals surface area contributed by atoms with Crippen LogP contribution in [0.1, 0.15) is 65.7 Å². The van der Waals surface area contributed by atoms with Crippen LogP contribution in [0.15, 0.2) is 89.8 Å². The zero-order chi connectivity index (χ0) is 38.0. The molecule has 0 aromatic heterocycles. The van der Waals surface area contributed by atoms with Gasteiger partial charge in [0.15, 0.2) is 0 Å². The average Bonchev–Trinajstić information content (AvgIpc) is 3.83. The van der Waals surface area contributed by atoms with Crippen molar-refractivity contribution in [1.82, 2.24) is 14.5 Å². The summed E-state index contributed by atoms with van der Waals surface area (Å²) < 4.78 is 48.3. The molecular weight excluding hydrogens is 726 g/mol. The molecule has 2 heterocycles. The van der Waals surface area contributed by atoms with E-state index in [-0.39, 0.29) is 42.5 Å². The number of sulfonamides is 1. The number of halogens is 1. The molecule has 7 rings (SSSR count). The van der Waals surface area contributed by atoms with Crippen molar-refractivity contribution in [2.24, 2.45) is 0 Å². The van der Waals surface area contributed by atoms with E-state index >= 15 is 0 Å². The summed E-state index contributed by atoms with van der Waals surface area (Å²) in [4.78, 5) is 28.6. The van der Waals surface area contributed by atoms with Crippen molar-refractivity contribution in [2.45, 2.75) is 101 Å². The zero-order valence-corrected chi connectivity index (χ0v) is 32.6. The van der Waals surface area contributed by atoms with Gasteiger partial charge < -0.3 is 24.4 Å². The lowest BCUT2D eigenvalue weighted by atomic mass is 10.0. The van der Waals surface area contributed by atoms with Crippen molar-refractivity contribution in [3.63, 3.8) is 0 Å². The number of rotatable bonds is 9. The standard InChI is InChI=1S/C42H48ClN3O7S/c1-42(2,3)53-41(48)44-33-20-22-45(27-33)40(47)39-26-37(52-35-16-10-29(11-17-35)28-8-14-32(43)15-9-28)21-23-46(39)54(49,50)38-19-13-30-24-36(18-12-31(30)25-38)51-34-6-4-5-7-34/h8-19,24-25,33-34,37,39H,4-7,20-23,26-27H2,1-3H3,(H,44,48)/t33-,37+,39+/m0/s1. The Labute approximate surface area is 322 Å². The first kappa shape index (κ1) is 38.0. The molecule has 0 radical (unpaired) electrons. The summed E-state index contributed by atoms with van der Waals surface area (Å²) in [6, 6.07) is 24.8. The van der Waals surface area contributed by atoms with E-state index in [2.05, 4.69) is 5.32 Å². The van der Waals surface area contributed by atoms with Crippen LogP contribution in [-0.2, 0) is 19.6 Å². The number of amides is 2. The summed E-state index contributed by atoms with van der Waals surface area (Å²) in [6.07, 6.45) is 4.81. The van der Waals surface area contributed by atoms with Crippen LogP contribution in [-0.4, -0.2) is 79.2 Å². The number of piperidine rings is 1. The molecule has 1 N–H and O–H groups in total. The van der Waals surface area contributed by atoms with Gasteiger partial charge in [-0.1, -0.05) is 48.0 Å². The van der Waals surface area contributed by atoms with Gasteiger partial charge in [-0.2, -0.15) is 4.31 Å². The van der Waals surface area contributed by atoms with Gasteiger partial charge in [0, 0.05) is 31.1 Å². The predicted octanol–water partition coefficient (Wildman–Crippen LogP) is 8.21. The Balaban J connectivity index is 1.10. The third-order valence-corrected chi connectivity index (χ3v) is 12.5. The average molecular weight is 774 g/mol. The normalized spacial score (nSPS) is 21.3. The lowest BCUT2D eigenvalue weighted by Crippen LogP contribution is -2.56. The highest BCUT2D eigenvalue weighted by atomic mass is 35.5. The molecule has 0 bridgehead atoms. The third kappa shape index (κ3) is 8.96. The number of hydrogen-bond acceptors (Lipinski definition) is 7. The minimum Gasteiger partial charge on any atom is -0.490 e. The van der Waals surface area contributed by atoms with Gasteiger partial charge in [-0.15, -0.1) is 0 Å². The molecule has 286 valence electrons. The minimum absolute atomic E-state index is 0.103. The van der Waals surface area contributed by atoms with E-state index in [1.165, 1.54) is 17.1 Å². The van der Waals surface area contributed by atoms with Gasteiger partial charge >= 0.3 is 6.09 Å². The molecule has 3 aliphatic rings. The first-order chi connectivity index (χ1) is 25.8. The number of ether oxygens (including phenoxy) is 3. The number of benzene rings is 4. The molecule has 1 aliphatic carbocycles. The maximum Gasteiger partial charge on any atom is 0.407 e. The van der Waals surface area contributed by atoms with E-state index in [1.807, 2.05) is 66.7 Å². The summed E-state index contributed by atoms with van der Waals surface area (Å²) in [7, 11) is -4.09. The first-order valence-corrected chi connectivity index (χ1v) is 20.7. The molecule has 10 nitrogen and oxygen atoms in total. The monoisotopic (exact) mass is 773 g/mol. The van der Waals surface area contributed by atoms with Gasteiger partial charge in [-0.05, 0) is 130 Å². The fourth-order valence-electron chi connectivity index (χ4n) is 7.62. The van der Waals surface area contributed by atoms with Gasteiger partial charge in [0.25, 0.3) is 0 Å². The molecule has 2 saturated heterocycles. The molecular formula is C42H48ClN3O7S. The van der Waals surface area contributed by atoms with Crippen molar-refractivity contribution in [3.8, 4) is 22.6 Å². The number of nitrogens with zero attached hydrogens (tertiary/aromatic N) is 2. The largest absolute Gasteiger partial charge is 0.490 e. The van der Waals surface area contributed by atoms with Crippen LogP contribution in [0.4, 0.5) is 4.79 Å². The molecule has 0 spiro atoms. The van der Waals surface area contributed by atoms with E-state index in [0.717, 1.165) is 40.5 Å². The Morgan fingerprint density at radius 3 is 2.09 bits per heavy atom. The Morgan fingerprint density at radius 1 is 0.759 bits per heavy atom. The van der Waals surface area contributed by atoms with Crippen molar-refractivity contribution >= 4 is 44.4 Å². The summed E-state index contributed by atoms with van der Waals surface area (Å²) in [5, 5.41) is 5.18. The van der Waals surface area contributed by atoms with Crippen molar-refractivity contribution in [3.05, 3.63) is 90.0 Å². The molecule has 2 amide bonds. The van der Waals surface area contributed by atoms with E-state index in [0.29, 0.717) is 30.2 Å². The minimum atomic E-state index is -4.09. The van der Waals surface area contributed by atoms with E-state index in [9.17, 15) is 18.0 Å². The molecule has 54 heavy (non-hydrogen) atoms. The zero-order valence-electron chi connectivity index (χ0n) is 31.0. The van der Waals surface area contributed by atoms with Gasteiger partial charge in [-0.3, -0.25) is 4.79 Å². The molecule has 0 unspecified atom stereocenters. The van der Waals surface area contributed by atoms with Gasteiger partial charge in [0.05, 0.1) is 17.0 Å². The number of nitrogens with one attached hydrogen (secondary N) is 1. The Kier molecular flexibility index (Phi) is 11.1. The van der Waals surface area contributed by atoms with Crippen LogP contribution in [0.2, 0.25) is 5.02 Å². The fourth-order valence-corrected chi connectivity index (χ4v) is 9.39. The number of carbonyl (C=O) groups is 2. The fraction of sp³-hybridized carbons (Fsp3) is 0.429. The molecule has 1 saturated carbocycles. The van der Waals surface area contributed by atoms with Crippen molar-refractivity contribution in [2.75, 3.05) is 19.6 Å². The van der Waals surface area contributed by atoms with Crippen molar-refractivity contribution in [1.29, 1.82) is 0 Å². The summed E-state index contributed by atoms with van der Waals surface area (Å²) >= 11 is 6.07. The molecule has 3 fully saturated rings.